The quantitative estimate of drug-likeness (QED) is 0.480. The molecule has 0 saturated heterocycles. The van der Waals surface area contributed by atoms with E-state index in [1.807, 2.05) is 37.4 Å². The van der Waals surface area contributed by atoms with E-state index in [9.17, 15) is 4.79 Å². The molecule has 1 unspecified atom stereocenters. The van der Waals surface area contributed by atoms with Crippen LogP contribution in [0.15, 0.2) is 48.5 Å². The molecule has 3 nitrogen and oxygen atoms in total. The number of carbonyl (C=O) groups is 1. The number of carbonyl (C=O) groups excluding carboxylic acids is 1. The first-order valence-electron chi connectivity index (χ1n) is 7.73. The Morgan fingerprint density at radius 3 is 2.71 bits per heavy atom. The molecule has 0 heterocycles. The van der Waals surface area contributed by atoms with Crippen molar-refractivity contribution >= 4 is 18.4 Å². The van der Waals surface area contributed by atoms with E-state index < -0.39 is 0 Å². The summed E-state index contributed by atoms with van der Waals surface area (Å²) >= 11 is 0. The van der Waals surface area contributed by atoms with E-state index in [0.717, 1.165) is 18.4 Å². The van der Waals surface area contributed by atoms with Crippen LogP contribution < -0.4 is 4.74 Å². The molecule has 0 aromatic heterocycles. The Bertz CT molecular complexity index is 752. The third kappa shape index (κ3) is 3.62. The fourth-order valence-electron chi connectivity index (χ4n) is 3.14. The molecule has 0 N–H and O–H groups in total. The van der Waals surface area contributed by atoms with Crippen LogP contribution in [0, 0.1) is 12.3 Å². The highest BCUT2D eigenvalue weighted by molar-refractivity contribution is 5.91. The highest BCUT2D eigenvalue weighted by Crippen LogP contribution is 2.39. The second kappa shape index (κ2) is 8.01. The van der Waals surface area contributed by atoms with Crippen molar-refractivity contribution in [1.82, 2.24) is 4.90 Å². The summed E-state index contributed by atoms with van der Waals surface area (Å²) in [7, 11) is 2.03. The summed E-state index contributed by atoms with van der Waals surface area (Å²) in [5, 5.41) is 0. The molecule has 0 fully saturated rings. The van der Waals surface area contributed by atoms with Crippen LogP contribution in [0.3, 0.4) is 0 Å². The van der Waals surface area contributed by atoms with E-state index >= 15 is 0 Å². The highest BCUT2D eigenvalue weighted by Gasteiger charge is 2.28. The zero-order valence-electron chi connectivity index (χ0n) is 13.6. The SMILES string of the molecule is C#CCN(C)C1CCc2c(OC(=O)c3ccccc3)cccc21.Cl. The Labute approximate surface area is 149 Å². The monoisotopic (exact) mass is 341 g/mol. The molecule has 1 aliphatic rings. The molecular formula is C20H20ClNO2. The molecule has 0 amide bonds. The van der Waals surface area contributed by atoms with Gasteiger partial charge in [0, 0.05) is 6.04 Å². The van der Waals surface area contributed by atoms with Crippen molar-refractivity contribution in [1.29, 1.82) is 0 Å². The summed E-state index contributed by atoms with van der Waals surface area (Å²) in [4.78, 5) is 14.4. The number of ether oxygens (including phenoxy) is 1. The topological polar surface area (TPSA) is 29.5 Å². The van der Waals surface area contributed by atoms with Crippen molar-refractivity contribution in [3.05, 3.63) is 65.2 Å². The molecule has 0 radical (unpaired) electrons. The normalized spacial score (nSPS) is 15.3. The Balaban J connectivity index is 0.00000208. The van der Waals surface area contributed by atoms with Gasteiger partial charge < -0.3 is 4.74 Å². The summed E-state index contributed by atoms with van der Waals surface area (Å²) in [5.74, 6) is 3.02. The van der Waals surface area contributed by atoms with Crippen molar-refractivity contribution in [3.8, 4) is 18.1 Å². The maximum Gasteiger partial charge on any atom is 0.343 e. The van der Waals surface area contributed by atoms with Gasteiger partial charge in [-0.15, -0.1) is 18.8 Å². The van der Waals surface area contributed by atoms with Gasteiger partial charge in [-0.05, 0) is 49.2 Å². The van der Waals surface area contributed by atoms with Crippen molar-refractivity contribution in [2.75, 3.05) is 13.6 Å². The van der Waals surface area contributed by atoms with Crippen LogP contribution in [0.5, 0.6) is 5.75 Å². The smallest absolute Gasteiger partial charge is 0.343 e. The van der Waals surface area contributed by atoms with Gasteiger partial charge in [0.25, 0.3) is 0 Å². The van der Waals surface area contributed by atoms with Crippen molar-refractivity contribution in [2.45, 2.75) is 18.9 Å². The number of esters is 1. The van der Waals surface area contributed by atoms with Crippen LogP contribution in [0.25, 0.3) is 0 Å². The van der Waals surface area contributed by atoms with E-state index in [1.165, 1.54) is 5.56 Å². The third-order valence-corrected chi connectivity index (χ3v) is 4.28. The minimum Gasteiger partial charge on any atom is -0.423 e. The summed E-state index contributed by atoms with van der Waals surface area (Å²) in [6, 6.07) is 15.2. The largest absolute Gasteiger partial charge is 0.423 e. The van der Waals surface area contributed by atoms with Gasteiger partial charge in [-0.25, -0.2) is 4.79 Å². The van der Waals surface area contributed by atoms with Gasteiger partial charge in [0.05, 0.1) is 12.1 Å². The van der Waals surface area contributed by atoms with Crippen LogP contribution in [-0.4, -0.2) is 24.5 Å². The Kier molecular flexibility index (Phi) is 6.03. The molecule has 124 valence electrons. The maximum atomic E-state index is 12.3. The van der Waals surface area contributed by atoms with Crippen LogP contribution in [0.1, 0.15) is 33.9 Å². The molecule has 0 bridgehead atoms. The Hall–Kier alpha value is -2.28. The molecule has 1 aliphatic carbocycles. The summed E-state index contributed by atoms with van der Waals surface area (Å²) in [6.45, 7) is 0.609. The second-order valence-corrected chi connectivity index (χ2v) is 5.75. The summed E-state index contributed by atoms with van der Waals surface area (Å²) < 4.78 is 5.63. The summed E-state index contributed by atoms with van der Waals surface area (Å²) in [6.07, 6.45) is 7.31. The van der Waals surface area contributed by atoms with E-state index in [1.54, 1.807) is 12.1 Å². The summed E-state index contributed by atoms with van der Waals surface area (Å²) in [5.41, 5.74) is 2.89. The first-order chi connectivity index (χ1) is 11.2. The zero-order chi connectivity index (χ0) is 16.2. The molecule has 3 rings (SSSR count). The zero-order valence-corrected chi connectivity index (χ0v) is 14.4. The van der Waals surface area contributed by atoms with E-state index in [2.05, 4.69) is 16.9 Å². The third-order valence-electron chi connectivity index (χ3n) is 4.28. The predicted molar refractivity (Wildman–Crippen MR) is 97.6 cm³/mol. The van der Waals surface area contributed by atoms with Gasteiger partial charge in [0.15, 0.2) is 0 Å². The van der Waals surface area contributed by atoms with Crippen molar-refractivity contribution in [2.24, 2.45) is 0 Å². The first kappa shape index (κ1) is 18.1. The van der Waals surface area contributed by atoms with Gasteiger partial charge in [0.2, 0.25) is 0 Å². The minimum atomic E-state index is -0.320. The molecule has 24 heavy (non-hydrogen) atoms. The van der Waals surface area contributed by atoms with E-state index in [-0.39, 0.29) is 24.4 Å². The highest BCUT2D eigenvalue weighted by atomic mass is 35.5. The molecule has 2 aromatic rings. The molecule has 0 saturated carbocycles. The standard InChI is InChI=1S/C20H19NO2.ClH/c1-3-14-21(2)18-13-12-17-16(18)10-7-11-19(17)23-20(22)15-8-5-4-6-9-15;/h1,4-11,18H,12-14H2,2H3;1H. The number of benzene rings is 2. The number of halogens is 1. The number of rotatable bonds is 4. The molecule has 0 spiro atoms. The Morgan fingerprint density at radius 1 is 1.25 bits per heavy atom. The lowest BCUT2D eigenvalue weighted by Crippen LogP contribution is -2.23. The maximum absolute atomic E-state index is 12.3. The van der Waals surface area contributed by atoms with Gasteiger partial charge >= 0.3 is 5.97 Å². The lowest BCUT2D eigenvalue weighted by molar-refractivity contribution is 0.0733. The Morgan fingerprint density at radius 2 is 2.00 bits per heavy atom. The van der Waals surface area contributed by atoms with Crippen LogP contribution in [0.2, 0.25) is 0 Å². The van der Waals surface area contributed by atoms with Gasteiger partial charge in [-0.2, -0.15) is 0 Å². The number of hydrogen-bond acceptors (Lipinski definition) is 3. The van der Waals surface area contributed by atoms with E-state index in [4.69, 9.17) is 11.2 Å². The number of nitrogens with zero attached hydrogens (tertiary/aromatic N) is 1. The minimum absolute atomic E-state index is 0. The van der Waals surface area contributed by atoms with Gasteiger partial charge in [-0.1, -0.05) is 36.3 Å². The molecule has 1 atom stereocenters. The van der Waals surface area contributed by atoms with Gasteiger partial charge in [-0.3, -0.25) is 4.90 Å². The average Bonchev–Trinajstić information content (AvgIpc) is 3.01. The number of hydrogen-bond donors (Lipinski definition) is 0. The van der Waals surface area contributed by atoms with Crippen molar-refractivity contribution in [3.63, 3.8) is 0 Å². The fourth-order valence-corrected chi connectivity index (χ4v) is 3.14. The fraction of sp³-hybridized carbons (Fsp3) is 0.250. The number of fused-ring (bicyclic) bond motifs is 1. The van der Waals surface area contributed by atoms with Crippen molar-refractivity contribution < 1.29 is 9.53 Å². The van der Waals surface area contributed by atoms with Crippen LogP contribution >= 0.6 is 12.4 Å². The lowest BCUT2D eigenvalue weighted by atomic mass is 10.1. The predicted octanol–water partition coefficient (Wildman–Crippen LogP) is 3.88. The van der Waals surface area contributed by atoms with Crippen LogP contribution in [-0.2, 0) is 6.42 Å². The molecule has 0 aliphatic heterocycles. The van der Waals surface area contributed by atoms with Crippen LogP contribution in [0.4, 0.5) is 0 Å². The molecule has 4 heteroatoms. The molecular weight excluding hydrogens is 322 g/mol. The first-order valence-corrected chi connectivity index (χ1v) is 7.73. The van der Waals surface area contributed by atoms with Gasteiger partial charge in [0.1, 0.15) is 5.75 Å². The lowest BCUT2D eigenvalue weighted by Gasteiger charge is -2.23. The average molecular weight is 342 g/mol. The van der Waals surface area contributed by atoms with E-state index in [0.29, 0.717) is 17.9 Å². The molecule has 2 aromatic carbocycles. The number of terminal acetylenes is 1. The second-order valence-electron chi connectivity index (χ2n) is 5.75.